The molecule has 2 amide bonds. The molecule has 0 aliphatic carbocycles. The molecule has 1 aromatic heterocycles. The molecule has 2 N–H and O–H groups in total. The number of hydrazine groups is 1. The molecule has 0 bridgehead atoms. The van der Waals surface area contributed by atoms with E-state index < -0.39 is 0 Å². The van der Waals surface area contributed by atoms with Crippen LogP contribution in [0.5, 0.6) is 0 Å². The van der Waals surface area contributed by atoms with Crippen molar-refractivity contribution in [2.75, 3.05) is 0 Å². The van der Waals surface area contributed by atoms with E-state index in [-0.39, 0.29) is 11.8 Å². The molecule has 0 spiro atoms. The maximum Gasteiger partial charge on any atom is 0.273 e. The first-order valence-corrected chi connectivity index (χ1v) is 6.06. The van der Waals surface area contributed by atoms with E-state index in [0.29, 0.717) is 29.4 Å². The zero-order chi connectivity index (χ0) is 13.7. The summed E-state index contributed by atoms with van der Waals surface area (Å²) in [5.74, 6) is 1.13. The van der Waals surface area contributed by atoms with E-state index in [2.05, 4.69) is 10.9 Å². The van der Waals surface area contributed by atoms with Crippen molar-refractivity contribution >= 4 is 11.8 Å². The third kappa shape index (κ3) is 4.24. The molecule has 5 nitrogen and oxygen atoms in total. The molecule has 100 valence electrons. The zero-order valence-electron chi connectivity index (χ0n) is 11.3. The van der Waals surface area contributed by atoms with Gasteiger partial charge in [0.1, 0.15) is 11.5 Å². The van der Waals surface area contributed by atoms with Gasteiger partial charge in [-0.1, -0.05) is 13.8 Å². The van der Waals surface area contributed by atoms with E-state index >= 15 is 0 Å². The number of amides is 2. The van der Waals surface area contributed by atoms with Crippen molar-refractivity contribution in [3.05, 3.63) is 23.2 Å². The number of carbonyl (C=O) groups excluding carboxylic acids is 2. The molecule has 0 aliphatic rings. The van der Waals surface area contributed by atoms with E-state index in [9.17, 15) is 9.59 Å². The first-order valence-electron chi connectivity index (χ1n) is 6.06. The van der Waals surface area contributed by atoms with Gasteiger partial charge >= 0.3 is 0 Å². The average Bonchev–Trinajstić information content (AvgIpc) is 2.62. The highest BCUT2D eigenvalue weighted by atomic mass is 16.3. The van der Waals surface area contributed by atoms with E-state index in [4.69, 9.17) is 4.42 Å². The van der Waals surface area contributed by atoms with Crippen LogP contribution in [0.4, 0.5) is 0 Å². The fourth-order valence-corrected chi connectivity index (χ4v) is 1.53. The monoisotopic (exact) mass is 252 g/mol. The summed E-state index contributed by atoms with van der Waals surface area (Å²) in [5.41, 5.74) is 5.21. The molecule has 0 fully saturated rings. The molecule has 1 rings (SSSR count). The van der Waals surface area contributed by atoms with Crippen LogP contribution in [-0.4, -0.2) is 11.8 Å². The average molecular weight is 252 g/mol. The third-order valence-corrected chi connectivity index (χ3v) is 2.55. The molecule has 0 saturated heterocycles. The second-order valence-electron chi connectivity index (χ2n) is 4.76. The lowest BCUT2D eigenvalue weighted by Crippen LogP contribution is -2.41. The lowest BCUT2D eigenvalue weighted by atomic mass is 10.1. The number of aryl methyl sites for hydroxylation is 2. The highest BCUT2D eigenvalue weighted by Gasteiger charge is 2.13. The number of hydrogen-bond acceptors (Lipinski definition) is 3. The molecule has 0 aromatic carbocycles. The summed E-state index contributed by atoms with van der Waals surface area (Å²) in [6.07, 6.45) is 1.20. The van der Waals surface area contributed by atoms with Crippen molar-refractivity contribution in [1.29, 1.82) is 0 Å². The summed E-state index contributed by atoms with van der Waals surface area (Å²) >= 11 is 0. The minimum Gasteiger partial charge on any atom is -0.466 e. The Morgan fingerprint density at radius 3 is 2.44 bits per heavy atom. The Morgan fingerprint density at radius 2 is 1.94 bits per heavy atom. The first kappa shape index (κ1) is 14.3. The minimum atomic E-state index is -0.359. The predicted molar refractivity (Wildman–Crippen MR) is 67.9 cm³/mol. The van der Waals surface area contributed by atoms with Gasteiger partial charge in [-0.2, -0.15) is 0 Å². The van der Waals surface area contributed by atoms with Crippen molar-refractivity contribution in [3.63, 3.8) is 0 Å². The Labute approximate surface area is 107 Å². The summed E-state index contributed by atoms with van der Waals surface area (Å²) in [7, 11) is 0. The Balaban J connectivity index is 2.42. The Morgan fingerprint density at radius 1 is 1.28 bits per heavy atom. The molecule has 0 saturated carbocycles. The van der Waals surface area contributed by atoms with Crippen LogP contribution in [0.25, 0.3) is 0 Å². The Kier molecular flexibility index (Phi) is 4.95. The second-order valence-corrected chi connectivity index (χ2v) is 4.76. The summed E-state index contributed by atoms with van der Waals surface area (Å²) in [4.78, 5) is 23.2. The molecule has 0 aliphatic heterocycles. The summed E-state index contributed by atoms with van der Waals surface area (Å²) in [6, 6.07) is 1.64. The molecule has 1 heterocycles. The largest absolute Gasteiger partial charge is 0.466 e. The maximum atomic E-state index is 11.7. The molecule has 5 heteroatoms. The van der Waals surface area contributed by atoms with Crippen LogP contribution in [0, 0.1) is 19.8 Å². The lowest BCUT2D eigenvalue weighted by molar-refractivity contribution is -0.122. The standard InChI is InChI=1S/C13H20N2O3/c1-8(2)5-6-12(16)14-15-13(17)11-7-9(3)18-10(11)4/h7-8H,5-6H2,1-4H3,(H,14,16)(H,15,17). The van der Waals surface area contributed by atoms with Gasteiger partial charge in [0.05, 0.1) is 5.56 Å². The molecule has 0 unspecified atom stereocenters. The van der Waals surface area contributed by atoms with Crippen molar-refractivity contribution in [2.45, 2.75) is 40.5 Å². The van der Waals surface area contributed by atoms with Crippen LogP contribution in [0.3, 0.4) is 0 Å². The number of hydrogen-bond donors (Lipinski definition) is 2. The lowest BCUT2D eigenvalue weighted by Gasteiger charge is -2.07. The van der Waals surface area contributed by atoms with E-state index in [1.807, 2.05) is 13.8 Å². The van der Waals surface area contributed by atoms with Crippen LogP contribution in [0.2, 0.25) is 0 Å². The SMILES string of the molecule is Cc1cc(C(=O)NNC(=O)CCC(C)C)c(C)o1. The topological polar surface area (TPSA) is 71.3 Å². The van der Waals surface area contributed by atoms with Crippen LogP contribution >= 0.6 is 0 Å². The Bertz CT molecular complexity index is 435. The van der Waals surface area contributed by atoms with Crippen molar-refractivity contribution in [3.8, 4) is 0 Å². The fourth-order valence-electron chi connectivity index (χ4n) is 1.53. The van der Waals surface area contributed by atoms with E-state index in [0.717, 1.165) is 6.42 Å². The normalized spacial score (nSPS) is 10.5. The van der Waals surface area contributed by atoms with Crippen molar-refractivity contribution in [2.24, 2.45) is 5.92 Å². The van der Waals surface area contributed by atoms with Gasteiger partial charge in [0, 0.05) is 6.42 Å². The summed E-state index contributed by atoms with van der Waals surface area (Å²) < 4.78 is 5.25. The molecular weight excluding hydrogens is 232 g/mol. The minimum absolute atomic E-state index is 0.185. The number of furan rings is 1. The molecule has 18 heavy (non-hydrogen) atoms. The van der Waals surface area contributed by atoms with Gasteiger partial charge in [0.2, 0.25) is 5.91 Å². The highest BCUT2D eigenvalue weighted by molar-refractivity contribution is 5.96. The number of carbonyl (C=O) groups is 2. The summed E-state index contributed by atoms with van der Waals surface area (Å²) in [5, 5.41) is 0. The first-order chi connectivity index (χ1) is 8.40. The van der Waals surface area contributed by atoms with Gasteiger partial charge in [-0.15, -0.1) is 0 Å². The van der Waals surface area contributed by atoms with Gasteiger partial charge in [-0.3, -0.25) is 20.4 Å². The third-order valence-electron chi connectivity index (χ3n) is 2.55. The van der Waals surface area contributed by atoms with E-state index in [1.165, 1.54) is 0 Å². The molecule has 0 radical (unpaired) electrons. The quantitative estimate of drug-likeness (QED) is 0.806. The van der Waals surface area contributed by atoms with Crippen LogP contribution in [-0.2, 0) is 4.79 Å². The highest BCUT2D eigenvalue weighted by Crippen LogP contribution is 2.12. The van der Waals surface area contributed by atoms with Crippen LogP contribution in [0.1, 0.15) is 48.6 Å². The van der Waals surface area contributed by atoms with E-state index in [1.54, 1.807) is 19.9 Å². The smallest absolute Gasteiger partial charge is 0.273 e. The predicted octanol–water partition coefficient (Wildman–Crippen LogP) is 2.09. The molecule has 1 aromatic rings. The fraction of sp³-hybridized carbons (Fsp3) is 0.538. The van der Waals surface area contributed by atoms with Gasteiger partial charge in [-0.05, 0) is 32.3 Å². The second kappa shape index (κ2) is 6.23. The van der Waals surface area contributed by atoms with Gasteiger partial charge in [-0.25, -0.2) is 0 Å². The van der Waals surface area contributed by atoms with Gasteiger partial charge < -0.3 is 4.42 Å². The number of rotatable bonds is 4. The molecular formula is C13H20N2O3. The zero-order valence-corrected chi connectivity index (χ0v) is 11.3. The molecule has 0 atom stereocenters. The van der Waals surface area contributed by atoms with Crippen LogP contribution in [0.15, 0.2) is 10.5 Å². The van der Waals surface area contributed by atoms with Crippen molar-refractivity contribution in [1.82, 2.24) is 10.9 Å². The van der Waals surface area contributed by atoms with Crippen LogP contribution < -0.4 is 10.9 Å². The van der Waals surface area contributed by atoms with Gasteiger partial charge in [0.25, 0.3) is 5.91 Å². The number of nitrogens with one attached hydrogen (secondary N) is 2. The Hall–Kier alpha value is -1.78. The van der Waals surface area contributed by atoms with Gasteiger partial charge in [0.15, 0.2) is 0 Å². The maximum absolute atomic E-state index is 11.7. The summed E-state index contributed by atoms with van der Waals surface area (Å²) in [6.45, 7) is 7.57. The van der Waals surface area contributed by atoms with Crippen molar-refractivity contribution < 1.29 is 14.0 Å².